The summed E-state index contributed by atoms with van der Waals surface area (Å²) < 4.78 is 5.72. The fraction of sp³-hybridized carbons (Fsp3) is 0.207. The molecule has 1 unspecified atom stereocenters. The van der Waals surface area contributed by atoms with Crippen LogP contribution in [0.5, 0.6) is 11.5 Å². The number of nitrogens with zero attached hydrogens (tertiary/aromatic N) is 2. The summed E-state index contributed by atoms with van der Waals surface area (Å²) in [6.45, 7) is 6.37. The van der Waals surface area contributed by atoms with Crippen LogP contribution in [0.4, 0.5) is 5.69 Å². The number of aliphatic hydroxyl groups is 1. The fourth-order valence-corrected chi connectivity index (χ4v) is 4.40. The quantitative estimate of drug-likeness (QED) is 0.276. The van der Waals surface area contributed by atoms with Gasteiger partial charge in [-0.05, 0) is 78.6 Å². The van der Waals surface area contributed by atoms with E-state index in [1.807, 2.05) is 26.8 Å². The Morgan fingerprint density at radius 1 is 1.08 bits per heavy atom. The maximum Gasteiger partial charge on any atom is 0.300 e. The standard InChI is InChI=1S/C29H26N2O5/c1-4-36-24-13-10-20(15-23(24)17(2)3)27(33)25-26(19-6-5-7-22(32)14-19)31(29(35)28(25)34)21-11-8-18(16-30)9-12-21/h5-15,17,26,32-33H,4H2,1-3H3/b27-25-. The number of ketones is 1. The number of hydrogen-bond acceptors (Lipinski definition) is 6. The molecule has 7 nitrogen and oxygen atoms in total. The molecule has 182 valence electrons. The number of phenolic OH excluding ortho intramolecular Hbond substituents is 1. The molecule has 36 heavy (non-hydrogen) atoms. The van der Waals surface area contributed by atoms with Crippen molar-refractivity contribution in [2.24, 2.45) is 0 Å². The van der Waals surface area contributed by atoms with Gasteiger partial charge in [0.25, 0.3) is 11.7 Å². The minimum absolute atomic E-state index is 0.0407. The van der Waals surface area contributed by atoms with Crippen LogP contribution in [0.1, 0.15) is 55.0 Å². The lowest BCUT2D eigenvalue weighted by atomic mass is 9.93. The second kappa shape index (κ2) is 9.96. The molecule has 1 fully saturated rings. The molecule has 1 amide bonds. The van der Waals surface area contributed by atoms with Crippen LogP contribution in [-0.4, -0.2) is 28.5 Å². The van der Waals surface area contributed by atoms with Gasteiger partial charge in [-0.2, -0.15) is 5.26 Å². The first-order valence-corrected chi connectivity index (χ1v) is 11.6. The molecular weight excluding hydrogens is 456 g/mol. The van der Waals surface area contributed by atoms with E-state index in [0.717, 1.165) is 5.56 Å². The van der Waals surface area contributed by atoms with Crippen LogP contribution in [0, 0.1) is 11.3 Å². The zero-order valence-corrected chi connectivity index (χ0v) is 20.2. The number of nitriles is 1. The number of carbonyl (C=O) groups is 2. The second-order valence-corrected chi connectivity index (χ2v) is 8.76. The molecule has 1 aliphatic heterocycles. The third-order valence-corrected chi connectivity index (χ3v) is 6.11. The van der Waals surface area contributed by atoms with Crippen LogP contribution < -0.4 is 9.64 Å². The normalized spacial score (nSPS) is 16.9. The first-order chi connectivity index (χ1) is 17.3. The van der Waals surface area contributed by atoms with Crippen molar-refractivity contribution in [3.8, 4) is 17.6 Å². The Bertz CT molecular complexity index is 1400. The van der Waals surface area contributed by atoms with Gasteiger partial charge in [0.1, 0.15) is 17.3 Å². The minimum atomic E-state index is -0.987. The highest BCUT2D eigenvalue weighted by Gasteiger charge is 2.47. The van der Waals surface area contributed by atoms with Crippen LogP contribution in [0.25, 0.3) is 5.76 Å². The second-order valence-electron chi connectivity index (χ2n) is 8.76. The van der Waals surface area contributed by atoms with Crippen LogP contribution in [0.15, 0.2) is 72.3 Å². The van der Waals surface area contributed by atoms with Crippen molar-refractivity contribution < 1.29 is 24.5 Å². The van der Waals surface area contributed by atoms with Crippen molar-refractivity contribution in [2.75, 3.05) is 11.5 Å². The highest BCUT2D eigenvalue weighted by molar-refractivity contribution is 6.51. The molecule has 3 aromatic carbocycles. The zero-order chi connectivity index (χ0) is 26.0. The van der Waals surface area contributed by atoms with E-state index < -0.39 is 17.7 Å². The van der Waals surface area contributed by atoms with E-state index in [-0.39, 0.29) is 23.0 Å². The summed E-state index contributed by atoms with van der Waals surface area (Å²) in [6, 6.07) is 18.7. The number of aromatic hydroxyl groups is 1. The Morgan fingerprint density at radius 2 is 1.81 bits per heavy atom. The summed E-state index contributed by atoms with van der Waals surface area (Å²) in [5.74, 6) is -1.24. The van der Waals surface area contributed by atoms with Crippen LogP contribution >= 0.6 is 0 Å². The smallest absolute Gasteiger partial charge is 0.300 e. The van der Waals surface area contributed by atoms with Crippen molar-refractivity contribution >= 4 is 23.1 Å². The topological polar surface area (TPSA) is 111 Å². The summed E-state index contributed by atoms with van der Waals surface area (Å²) >= 11 is 0. The summed E-state index contributed by atoms with van der Waals surface area (Å²) in [5, 5.41) is 30.7. The van der Waals surface area contributed by atoms with Gasteiger partial charge in [-0.1, -0.05) is 26.0 Å². The third-order valence-electron chi connectivity index (χ3n) is 6.11. The maximum atomic E-state index is 13.3. The predicted octanol–water partition coefficient (Wildman–Crippen LogP) is 5.41. The number of carbonyl (C=O) groups excluding carboxylic acids is 2. The van der Waals surface area contributed by atoms with Crippen molar-refractivity contribution in [3.05, 3.63) is 94.6 Å². The number of anilines is 1. The lowest BCUT2D eigenvalue weighted by Gasteiger charge is -2.25. The van der Waals surface area contributed by atoms with E-state index in [1.54, 1.807) is 54.6 Å². The molecule has 1 heterocycles. The first-order valence-electron chi connectivity index (χ1n) is 11.6. The zero-order valence-electron chi connectivity index (χ0n) is 20.2. The van der Waals surface area contributed by atoms with Gasteiger partial charge in [-0.25, -0.2) is 0 Å². The van der Waals surface area contributed by atoms with E-state index in [9.17, 15) is 19.8 Å². The van der Waals surface area contributed by atoms with Crippen LogP contribution in [0.2, 0.25) is 0 Å². The predicted molar refractivity (Wildman–Crippen MR) is 136 cm³/mol. The molecule has 0 bridgehead atoms. The monoisotopic (exact) mass is 482 g/mol. The first kappa shape index (κ1) is 24.6. The lowest BCUT2D eigenvalue weighted by Crippen LogP contribution is -2.29. The van der Waals surface area contributed by atoms with Gasteiger partial charge in [0.05, 0.1) is 29.9 Å². The average molecular weight is 483 g/mol. The highest BCUT2D eigenvalue weighted by Crippen LogP contribution is 2.43. The van der Waals surface area contributed by atoms with Gasteiger partial charge < -0.3 is 14.9 Å². The highest BCUT2D eigenvalue weighted by atomic mass is 16.5. The molecule has 0 saturated carbocycles. The van der Waals surface area contributed by atoms with E-state index in [1.165, 1.54) is 17.0 Å². The number of phenols is 1. The van der Waals surface area contributed by atoms with Crippen molar-refractivity contribution in [2.45, 2.75) is 32.7 Å². The number of ether oxygens (including phenoxy) is 1. The molecule has 1 aliphatic rings. The Hall–Kier alpha value is -4.57. The molecule has 1 atom stereocenters. The van der Waals surface area contributed by atoms with Crippen molar-refractivity contribution in [1.29, 1.82) is 5.26 Å². The molecule has 0 aliphatic carbocycles. The van der Waals surface area contributed by atoms with E-state index in [0.29, 0.717) is 34.7 Å². The average Bonchev–Trinajstić information content (AvgIpc) is 3.14. The number of aliphatic hydroxyl groups excluding tert-OH is 1. The molecule has 7 heteroatoms. The Balaban J connectivity index is 1.93. The number of rotatable bonds is 6. The lowest BCUT2D eigenvalue weighted by molar-refractivity contribution is -0.132. The summed E-state index contributed by atoms with van der Waals surface area (Å²) in [5.41, 5.74) is 2.39. The molecule has 3 aromatic rings. The fourth-order valence-electron chi connectivity index (χ4n) is 4.40. The van der Waals surface area contributed by atoms with Crippen LogP contribution in [0.3, 0.4) is 0 Å². The summed E-state index contributed by atoms with van der Waals surface area (Å²) in [4.78, 5) is 27.9. The maximum absolute atomic E-state index is 13.3. The summed E-state index contributed by atoms with van der Waals surface area (Å²) in [7, 11) is 0. The molecule has 0 radical (unpaired) electrons. The number of hydrogen-bond donors (Lipinski definition) is 2. The number of benzene rings is 3. The van der Waals surface area contributed by atoms with Crippen LogP contribution in [-0.2, 0) is 9.59 Å². The van der Waals surface area contributed by atoms with Gasteiger partial charge in [-0.15, -0.1) is 0 Å². The van der Waals surface area contributed by atoms with Crippen molar-refractivity contribution in [1.82, 2.24) is 0 Å². The molecule has 0 aromatic heterocycles. The van der Waals surface area contributed by atoms with Gasteiger partial charge >= 0.3 is 0 Å². The Labute approximate surface area is 209 Å². The molecule has 2 N–H and O–H groups in total. The van der Waals surface area contributed by atoms with Gasteiger partial charge in [0, 0.05) is 11.3 Å². The molecule has 0 spiro atoms. The minimum Gasteiger partial charge on any atom is -0.508 e. The van der Waals surface area contributed by atoms with E-state index >= 15 is 0 Å². The largest absolute Gasteiger partial charge is 0.508 e. The molecule has 1 saturated heterocycles. The Morgan fingerprint density at radius 3 is 2.42 bits per heavy atom. The summed E-state index contributed by atoms with van der Waals surface area (Å²) in [6.07, 6.45) is 0. The van der Waals surface area contributed by atoms with E-state index in [4.69, 9.17) is 10.00 Å². The molecular formula is C29H26N2O5. The molecule has 4 rings (SSSR count). The number of Topliss-reactive ketones (excluding diaryl/α,β-unsaturated/α-hetero) is 1. The van der Waals surface area contributed by atoms with E-state index in [2.05, 4.69) is 0 Å². The Kier molecular flexibility index (Phi) is 6.80. The number of amides is 1. The third kappa shape index (κ3) is 4.41. The SMILES string of the molecule is CCOc1ccc(/C(O)=C2/C(=O)C(=O)N(c3ccc(C#N)cc3)C2c2cccc(O)c2)cc1C(C)C. The van der Waals surface area contributed by atoms with Gasteiger partial charge in [0.2, 0.25) is 0 Å². The van der Waals surface area contributed by atoms with Gasteiger partial charge in [-0.3, -0.25) is 14.5 Å². The van der Waals surface area contributed by atoms with Gasteiger partial charge in [0.15, 0.2) is 0 Å². The van der Waals surface area contributed by atoms with Crippen molar-refractivity contribution in [3.63, 3.8) is 0 Å².